The number of benzene rings is 3. The molecule has 5 rings (SSSR count). The lowest BCUT2D eigenvalue weighted by Crippen LogP contribution is -2.29. The first-order valence-electron chi connectivity index (χ1n) is 14.0. The summed E-state index contributed by atoms with van der Waals surface area (Å²) in [5.74, 6) is 1.86. The number of carbonyl (C=O) groups is 1. The van der Waals surface area contributed by atoms with Gasteiger partial charge in [-0.1, -0.05) is 59.8 Å². The largest absolute Gasteiger partial charge is 0.493 e. The smallest absolute Gasteiger partial charge is 0.338 e. The molecule has 8 nitrogen and oxygen atoms in total. The van der Waals surface area contributed by atoms with Crippen molar-refractivity contribution in [2.75, 3.05) is 19.0 Å². The number of esters is 1. The average Bonchev–Trinajstić information content (AvgIpc) is 3.39. The molecule has 1 N–H and O–H groups in total. The van der Waals surface area contributed by atoms with Gasteiger partial charge in [-0.2, -0.15) is 4.98 Å². The molecule has 0 aliphatic carbocycles. The van der Waals surface area contributed by atoms with Gasteiger partial charge in [0, 0.05) is 16.5 Å². The highest BCUT2D eigenvalue weighted by molar-refractivity contribution is 7.98. The Bertz CT molecular complexity index is 1700. The molecule has 0 spiro atoms. The van der Waals surface area contributed by atoms with E-state index in [0.717, 1.165) is 16.7 Å². The number of thioether (sulfide) groups is 1. The van der Waals surface area contributed by atoms with Crippen LogP contribution >= 0.6 is 23.4 Å². The van der Waals surface area contributed by atoms with Crippen LogP contribution in [0, 0.1) is 20.8 Å². The second kappa shape index (κ2) is 13.1. The van der Waals surface area contributed by atoms with Gasteiger partial charge in [0.2, 0.25) is 11.1 Å². The third-order valence-electron chi connectivity index (χ3n) is 7.48. The molecule has 1 unspecified atom stereocenters. The lowest BCUT2D eigenvalue weighted by Gasteiger charge is -2.28. The van der Waals surface area contributed by atoms with Crippen molar-refractivity contribution in [1.29, 1.82) is 0 Å². The van der Waals surface area contributed by atoms with Gasteiger partial charge >= 0.3 is 5.97 Å². The number of carbonyl (C=O) groups excluding carboxylic acids is 1. The van der Waals surface area contributed by atoms with Crippen LogP contribution in [-0.2, 0) is 21.9 Å². The molecule has 1 aliphatic heterocycles. The second-order valence-electron chi connectivity index (χ2n) is 10.4. The number of anilines is 1. The van der Waals surface area contributed by atoms with E-state index in [1.165, 1.54) is 28.5 Å². The van der Waals surface area contributed by atoms with Gasteiger partial charge in [-0.05, 0) is 86.2 Å². The Kier molecular flexibility index (Phi) is 9.32. The maximum absolute atomic E-state index is 13.3. The first-order chi connectivity index (χ1) is 20.7. The summed E-state index contributed by atoms with van der Waals surface area (Å²) in [5.41, 5.74) is 7.63. The van der Waals surface area contributed by atoms with Gasteiger partial charge in [-0.15, -0.1) is 5.10 Å². The number of rotatable bonds is 10. The molecule has 1 atom stereocenters. The summed E-state index contributed by atoms with van der Waals surface area (Å²) in [7, 11) is 1.60. The fourth-order valence-electron chi connectivity index (χ4n) is 5.04. The molecular weight excluding hydrogens is 584 g/mol. The van der Waals surface area contributed by atoms with Crippen LogP contribution in [-0.4, -0.2) is 34.5 Å². The summed E-state index contributed by atoms with van der Waals surface area (Å²) < 4.78 is 19.2. The van der Waals surface area contributed by atoms with Crippen molar-refractivity contribution in [2.45, 2.75) is 58.2 Å². The molecule has 0 fully saturated rings. The number of halogens is 1. The molecule has 43 heavy (non-hydrogen) atoms. The van der Waals surface area contributed by atoms with Gasteiger partial charge in [0.15, 0.2) is 11.5 Å². The van der Waals surface area contributed by atoms with Crippen molar-refractivity contribution in [2.24, 2.45) is 0 Å². The van der Waals surface area contributed by atoms with E-state index in [4.69, 9.17) is 35.9 Å². The first kappa shape index (κ1) is 30.5. The molecule has 0 amide bonds. The number of methoxy groups -OCH3 is 1. The van der Waals surface area contributed by atoms with Crippen LogP contribution in [0.1, 0.15) is 53.3 Å². The summed E-state index contributed by atoms with van der Waals surface area (Å²) in [4.78, 5) is 18.0. The molecule has 1 aromatic heterocycles. The average molecular weight is 619 g/mol. The Balaban J connectivity index is 1.47. The third kappa shape index (κ3) is 6.53. The number of aryl methyl sites for hydroxylation is 3. The minimum absolute atomic E-state index is 0.249. The molecule has 0 saturated heterocycles. The molecule has 0 radical (unpaired) electrons. The zero-order valence-electron chi connectivity index (χ0n) is 25.2. The number of aromatic nitrogens is 3. The fourth-order valence-corrected chi connectivity index (χ4v) is 6.15. The Labute approximate surface area is 261 Å². The van der Waals surface area contributed by atoms with Crippen molar-refractivity contribution in [1.82, 2.24) is 14.8 Å². The number of nitrogens with zero attached hydrogens (tertiary/aromatic N) is 3. The van der Waals surface area contributed by atoms with E-state index in [0.29, 0.717) is 51.3 Å². The maximum atomic E-state index is 13.3. The van der Waals surface area contributed by atoms with Crippen LogP contribution in [0.4, 0.5) is 5.95 Å². The third-order valence-corrected chi connectivity index (χ3v) is 8.74. The summed E-state index contributed by atoms with van der Waals surface area (Å²) in [5, 5.41) is 9.30. The van der Waals surface area contributed by atoms with Crippen molar-refractivity contribution >= 4 is 35.3 Å². The topological polar surface area (TPSA) is 87.5 Å². The molecule has 4 aromatic rings. The van der Waals surface area contributed by atoms with Gasteiger partial charge in [0.25, 0.3) is 0 Å². The van der Waals surface area contributed by atoms with Crippen molar-refractivity contribution in [3.05, 3.63) is 104 Å². The van der Waals surface area contributed by atoms with E-state index >= 15 is 0 Å². The predicted molar refractivity (Wildman–Crippen MR) is 170 cm³/mol. The zero-order valence-corrected chi connectivity index (χ0v) is 26.7. The zero-order chi connectivity index (χ0) is 30.7. The number of fused-ring (bicyclic) bond motifs is 1. The van der Waals surface area contributed by atoms with Gasteiger partial charge in [0.1, 0.15) is 12.6 Å². The van der Waals surface area contributed by atoms with Crippen molar-refractivity contribution < 1.29 is 19.0 Å². The van der Waals surface area contributed by atoms with E-state index in [9.17, 15) is 4.79 Å². The van der Waals surface area contributed by atoms with Crippen molar-refractivity contribution in [3.63, 3.8) is 0 Å². The minimum Gasteiger partial charge on any atom is -0.493 e. The van der Waals surface area contributed by atoms with Crippen LogP contribution in [0.15, 0.2) is 71.0 Å². The van der Waals surface area contributed by atoms with Crippen molar-refractivity contribution in [3.8, 4) is 11.5 Å². The van der Waals surface area contributed by atoms with Crippen LogP contribution in [0.2, 0.25) is 5.02 Å². The molecule has 1 aliphatic rings. The normalized spacial score (nSPS) is 14.3. The number of hydrogen-bond donors (Lipinski definition) is 1. The van der Waals surface area contributed by atoms with Crippen LogP contribution in [0.5, 0.6) is 11.5 Å². The lowest BCUT2D eigenvalue weighted by atomic mass is 9.95. The summed E-state index contributed by atoms with van der Waals surface area (Å²) in [6, 6.07) is 17.1. The fraction of sp³-hybridized carbons (Fsp3) is 0.303. The number of ether oxygens (including phenoxy) is 3. The van der Waals surface area contributed by atoms with E-state index in [2.05, 4.69) is 38.2 Å². The minimum atomic E-state index is -0.595. The molecule has 2 heterocycles. The van der Waals surface area contributed by atoms with E-state index in [-0.39, 0.29) is 6.61 Å². The van der Waals surface area contributed by atoms with E-state index in [1.807, 2.05) is 49.4 Å². The Morgan fingerprint density at radius 3 is 2.51 bits per heavy atom. The maximum Gasteiger partial charge on any atom is 0.338 e. The highest BCUT2D eigenvalue weighted by atomic mass is 35.5. The molecule has 0 bridgehead atoms. The molecule has 10 heteroatoms. The Hall–Kier alpha value is -3.95. The van der Waals surface area contributed by atoms with E-state index in [1.54, 1.807) is 18.7 Å². The quantitative estimate of drug-likeness (QED) is 0.144. The van der Waals surface area contributed by atoms with Gasteiger partial charge in [0.05, 0.1) is 19.3 Å². The van der Waals surface area contributed by atoms with Crippen LogP contribution in [0.3, 0.4) is 0 Å². The monoisotopic (exact) mass is 618 g/mol. The van der Waals surface area contributed by atoms with Crippen LogP contribution in [0.25, 0.3) is 0 Å². The highest BCUT2D eigenvalue weighted by Gasteiger charge is 2.35. The second-order valence-corrected chi connectivity index (χ2v) is 11.7. The van der Waals surface area contributed by atoms with Gasteiger partial charge in [-0.25, -0.2) is 9.48 Å². The number of allylic oxidation sites excluding steroid dienone is 1. The van der Waals surface area contributed by atoms with E-state index < -0.39 is 12.0 Å². The lowest BCUT2D eigenvalue weighted by molar-refractivity contribution is -0.139. The molecule has 0 saturated carbocycles. The summed E-state index contributed by atoms with van der Waals surface area (Å²) in [6.45, 7) is 10.6. The molecule has 224 valence electrons. The van der Waals surface area contributed by atoms with Gasteiger partial charge in [-0.3, -0.25) is 0 Å². The predicted octanol–water partition coefficient (Wildman–Crippen LogP) is 7.59. The standard InChI is InChI=1S/C33H35ClN4O4S/c1-7-41-31(39)29-22(5)35-32-36-33(43-18-24-10-8-9-11-26(24)34)37-38(32)30(29)23-12-13-27(28(16-23)40-6)42-17-25-15-20(3)19(2)14-21(25)4/h8-16,30H,7,17-18H2,1-6H3,(H,35,36,37). The Morgan fingerprint density at radius 1 is 1.00 bits per heavy atom. The summed E-state index contributed by atoms with van der Waals surface area (Å²) >= 11 is 7.84. The molecule has 3 aromatic carbocycles. The first-order valence-corrected chi connectivity index (χ1v) is 15.4. The van der Waals surface area contributed by atoms with Crippen LogP contribution < -0.4 is 14.8 Å². The highest BCUT2D eigenvalue weighted by Crippen LogP contribution is 2.40. The Morgan fingerprint density at radius 2 is 1.77 bits per heavy atom. The number of nitrogens with one attached hydrogen (secondary N) is 1. The number of hydrogen-bond acceptors (Lipinski definition) is 8. The summed E-state index contributed by atoms with van der Waals surface area (Å²) in [6.07, 6.45) is 0. The van der Waals surface area contributed by atoms with Gasteiger partial charge < -0.3 is 19.5 Å². The SMILES string of the molecule is CCOC(=O)C1=C(C)Nc2nc(SCc3ccccc3Cl)nn2C1c1ccc(OCc2cc(C)c(C)cc2C)c(OC)c1. The molecular formula is C33H35ClN4O4S.